The number of para-hydroxylation sites is 1. The fourth-order valence-corrected chi connectivity index (χ4v) is 2.73. The molecule has 0 atom stereocenters. The van der Waals surface area contributed by atoms with E-state index in [1.54, 1.807) is 7.11 Å². The number of aromatic nitrogens is 3. The monoisotopic (exact) mass is 339 g/mol. The lowest BCUT2D eigenvalue weighted by Gasteiger charge is -2.03. The maximum Gasteiger partial charge on any atom is 0.189 e. The van der Waals surface area contributed by atoms with Gasteiger partial charge in [0.15, 0.2) is 5.16 Å². The Morgan fingerprint density at radius 2 is 2.21 bits per heavy atom. The van der Waals surface area contributed by atoms with Crippen molar-refractivity contribution < 1.29 is 9.26 Å². The summed E-state index contributed by atoms with van der Waals surface area (Å²) in [6.07, 6.45) is 1.41. The Morgan fingerprint density at radius 3 is 2.96 bits per heavy atom. The second kappa shape index (κ2) is 7.02. The lowest BCUT2D eigenvalue weighted by atomic mass is 10.1. The van der Waals surface area contributed by atoms with Crippen LogP contribution in [0, 0.1) is 11.3 Å². The minimum Gasteiger partial charge on any atom is -0.496 e. The third-order valence-corrected chi connectivity index (χ3v) is 4.09. The number of anilines is 1. The van der Waals surface area contributed by atoms with Gasteiger partial charge in [0, 0.05) is 11.6 Å². The SMILES string of the molecule is COc1ccccc1-c1cc(CSc2ncc(C#N)c(N)n2)on1. The maximum atomic E-state index is 8.82. The Hall–Kier alpha value is -3.05. The molecule has 0 spiro atoms. The van der Waals surface area contributed by atoms with Gasteiger partial charge in [-0.3, -0.25) is 0 Å². The molecule has 8 heteroatoms. The van der Waals surface area contributed by atoms with E-state index in [-0.39, 0.29) is 11.4 Å². The Morgan fingerprint density at radius 1 is 1.38 bits per heavy atom. The molecule has 0 amide bonds. The quantitative estimate of drug-likeness (QED) is 0.558. The van der Waals surface area contributed by atoms with Gasteiger partial charge in [-0.05, 0) is 12.1 Å². The molecule has 0 saturated carbocycles. The van der Waals surface area contributed by atoms with Gasteiger partial charge < -0.3 is 15.0 Å². The van der Waals surface area contributed by atoms with Crippen LogP contribution in [0.2, 0.25) is 0 Å². The van der Waals surface area contributed by atoms with Gasteiger partial charge in [-0.1, -0.05) is 29.1 Å². The molecule has 2 aromatic heterocycles. The van der Waals surface area contributed by atoms with Gasteiger partial charge in [-0.25, -0.2) is 9.97 Å². The van der Waals surface area contributed by atoms with Crippen molar-refractivity contribution >= 4 is 17.6 Å². The summed E-state index contributed by atoms with van der Waals surface area (Å²) in [4.78, 5) is 8.16. The van der Waals surface area contributed by atoms with Gasteiger partial charge in [-0.15, -0.1) is 0 Å². The summed E-state index contributed by atoms with van der Waals surface area (Å²) >= 11 is 1.35. The zero-order chi connectivity index (χ0) is 16.9. The zero-order valence-electron chi connectivity index (χ0n) is 12.8. The molecule has 3 aromatic rings. The molecule has 0 aliphatic rings. The van der Waals surface area contributed by atoms with Crippen molar-refractivity contribution in [3.63, 3.8) is 0 Å². The summed E-state index contributed by atoms with van der Waals surface area (Å²) in [6.45, 7) is 0. The van der Waals surface area contributed by atoms with E-state index in [0.717, 1.165) is 11.3 Å². The molecule has 0 bridgehead atoms. The van der Waals surface area contributed by atoms with Crippen LogP contribution in [0.3, 0.4) is 0 Å². The highest BCUT2D eigenvalue weighted by Gasteiger charge is 2.12. The minimum absolute atomic E-state index is 0.169. The van der Waals surface area contributed by atoms with Crippen molar-refractivity contribution in [1.82, 2.24) is 15.1 Å². The van der Waals surface area contributed by atoms with E-state index in [1.165, 1.54) is 18.0 Å². The fourth-order valence-electron chi connectivity index (χ4n) is 2.03. The third kappa shape index (κ3) is 3.31. The molecule has 1 aromatic carbocycles. The highest BCUT2D eigenvalue weighted by atomic mass is 32.2. The van der Waals surface area contributed by atoms with Gasteiger partial charge in [0.2, 0.25) is 0 Å². The molecular formula is C16H13N5O2S. The van der Waals surface area contributed by atoms with Crippen LogP contribution in [0.1, 0.15) is 11.3 Å². The number of nitrogens with two attached hydrogens (primary N) is 1. The summed E-state index contributed by atoms with van der Waals surface area (Å²) < 4.78 is 10.7. The zero-order valence-corrected chi connectivity index (χ0v) is 13.6. The van der Waals surface area contributed by atoms with E-state index < -0.39 is 0 Å². The van der Waals surface area contributed by atoms with Crippen molar-refractivity contribution in [2.24, 2.45) is 0 Å². The molecular weight excluding hydrogens is 326 g/mol. The Balaban J connectivity index is 1.73. The molecule has 0 radical (unpaired) electrons. The lowest BCUT2D eigenvalue weighted by molar-refractivity contribution is 0.395. The predicted octanol–water partition coefficient (Wildman–Crippen LogP) is 2.89. The highest BCUT2D eigenvalue weighted by molar-refractivity contribution is 7.98. The minimum atomic E-state index is 0.169. The molecule has 0 aliphatic carbocycles. The largest absolute Gasteiger partial charge is 0.496 e. The van der Waals surface area contributed by atoms with Crippen molar-refractivity contribution in [1.29, 1.82) is 5.26 Å². The number of rotatable bonds is 5. The summed E-state index contributed by atoms with van der Waals surface area (Å²) in [5.41, 5.74) is 7.50. The van der Waals surface area contributed by atoms with Crippen LogP contribution < -0.4 is 10.5 Å². The van der Waals surface area contributed by atoms with Gasteiger partial charge in [0.25, 0.3) is 0 Å². The van der Waals surface area contributed by atoms with E-state index in [9.17, 15) is 0 Å². The van der Waals surface area contributed by atoms with E-state index in [0.29, 0.717) is 22.4 Å². The van der Waals surface area contributed by atoms with Crippen molar-refractivity contribution in [2.75, 3.05) is 12.8 Å². The van der Waals surface area contributed by atoms with Crippen molar-refractivity contribution in [3.8, 4) is 23.1 Å². The molecule has 7 nitrogen and oxygen atoms in total. The van der Waals surface area contributed by atoms with E-state index >= 15 is 0 Å². The van der Waals surface area contributed by atoms with Gasteiger partial charge in [0.05, 0.1) is 19.1 Å². The van der Waals surface area contributed by atoms with E-state index in [1.807, 2.05) is 36.4 Å². The Kier molecular flexibility index (Phi) is 4.63. The van der Waals surface area contributed by atoms with E-state index in [4.69, 9.17) is 20.3 Å². The smallest absolute Gasteiger partial charge is 0.189 e. The normalized spacial score (nSPS) is 10.3. The highest BCUT2D eigenvalue weighted by Crippen LogP contribution is 2.30. The number of methoxy groups -OCH3 is 1. The number of ether oxygens (including phenoxy) is 1. The van der Waals surface area contributed by atoms with Crippen LogP contribution in [0.15, 0.2) is 46.2 Å². The van der Waals surface area contributed by atoms with Crippen LogP contribution in [0.25, 0.3) is 11.3 Å². The average Bonchev–Trinajstić information content (AvgIpc) is 3.09. The topological polar surface area (TPSA) is 111 Å². The molecule has 2 heterocycles. The first kappa shape index (κ1) is 15.8. The molecule has 0 aliphatic heterocycles. The Bertz CT molecular complexity index is 903. The first-order valence-corrected chi connectivity index (χ1v) is 7.94. The van der Waals surface area contributed by atoms with Gasteiger partial charge in [0.1, 0.15) is 34.7 Å². The second-order valence-corrected chi connectivity index (χ2v) is 5.67. The van der Waals surface area contributed by atoms with Crippen LogP contribution in [-0.2, 0) is 5.75 Å². The summed E-state index contributed by atoms with van der Waals surface area (Å²) in [6, 6.07) is 11.4. The maximum absolute atomic E-state index is 8.82. The van der Waals surface area contributed by atoms with E-state index in [2.05, 4.69) is 15.1 Å². The number of nitrogens with zero attached hydrogens (tertiary/aromatic N) is 4. The van der Waals surface area contributed by atoms with Crippen LogP contribution in [0.4, 0.5) is 5.82 Å². The van der Waals surface area contributed by atoms with Crippen LogP contribution >= 0.6 is 11.8 Å². The molecule has 24 heavy (non-hydrogen) atoms. The number of thioether (sulfide) groups is 1. The molecule has 0 saturated heterocycles. The van der Waals surface area contributed by atoms with Gasteiger partial charge >= 0.3 is 0 Å². The molecule has 3 rings (SSSR count). The van der Waals surface area contributed by atoms with Crippen molar-refractivity contribution in [3.05, 3.63) is 47.9 Å². The van der Waals surface area contributed by atoms with Crippen LogP contribution in [0.5, 0.6) is 5.75 Å². The molecule has 0 fully saturated rings. The fraction of sp³-hybridized carbons (Fsp3) is 0.125. The molecule has 0 unspecified atom stereocenters. The third-order valence-electron chi connectivity index (χ3n) is 3.20. The summed E-state index contributed by atoms with van der Waals surface area (Å²) in [5, 5.41) is 13.4. The lowest BCUT2D eigenvalue weighted by Crippen LogP contribution is -1.98. The van der Waals surface area contributed by atoms with Crippen LogP contribution in [-0.4, -0.2) is 22.2 Å². The number of benzene rings is 1. The number of nitriles is 1. The predicted molar refractivity (Wildman–Crippen MR) is 89.2 cm³/mol. The Labute approximate surface area is 142 Å². The number of hydrogen-bond donors (Lipinski definition) is 1. The first-order valence-electron chi connectivity index (χ1n) is 6.95. The molecule has 120 valence electrons. The summed E-state index contributed by atoms with van der Waals surface area (Å²) in [5.74, 6) is 2.07. The average molecular weight is 339 g/mol. The first-order chi connectivity index (χ1) is 11.7. The second-order valence-electron chi connectivity index (χ2n) is 4.73. The van der Waals surface area contributed by atoms with Crippen molar-refractivity contribution in [2.45, 2.75) is 10.9 Å². The number of hydrogen-bond acceptors (Lipinski definition) is 8. The standard InChI is InChI=1S/C16H13N5O2S/c1-22-14-5-3-2-4-12(14)13-6-11(23-21-13)9-24-16-19-8-10(7-17)15(18)20-16/h2-6,8H,9H2,1H3,(H2,18,19,20). The van der Waals surface area contributed by atoms with Gasteiger partial charge in [-0.2, -0.15) is 5.26 Å². The molecule has 2 N–H and O–H groups in total. The summed E-state index contributed by atoms with van der Waals surface area (Å²) in [7, 11) is 1.61. The number of nitrogen functional groups attached to an aromatic ring is 1.